The average molecular weight is 341 g/mol. The number of carbonyl (C=O) groups is 2. The number of ketones is 1. The molecule has 0 spiro atoms. The molecule has 0 radical (unpaired) electrons. The van der Waals surface area contributed by atoms with Crippen molar-refractivity contribution in [3.05, 3.63) is 43.8 Å². The molecule has 7 nitrogen and oxygen atoms in total. The van der Waals surface area contributed by atoms with Crippen molar-refractivity contribution in [2.45, 2.75) is 25.4 Å². The van der Waals surface area contributed by atoms with Gasteiger partial charge in [0.25, 0.3) is 0 Å². The van der Waals surface area contributed by atoms with Crippen molar-refractivity contribution >= 4 is 35.3 Å². The number of aldehydes is 1. The Morgan fingerprint density at radius 1 is 1.32 bits per heavy atom. The number of tetrazole rings is 1. The first kappa shape index (κ1) is 14.9. The minimum absolute atomic E-state index is 0.0246. The highest BCUT2D eigenvalue weighted by Gasteiger charge is 2.28. The summed E-state index contributed by atoms with van der Waals surface area (Å²) in [6.07, 6.45) is 1.99. The number of aromatic nitrogens is 4. The predicted octanol–water partition coefficient (Wildman–Crippen LogP) is 1.51. The van der Waals surface area contributed by atoms with Crippen molar-refractivity contribution in [1.82, 2.24) is 19.8 Å². The fraction of sp³-hybridized carbons (Fsp3) is 0.308. The van der Waals surface area contributed by atoms with Crippen LogP contribution in [0.3, 0.4) is 0 Å². The molecule has 2 aromatic rings. The van der Waals surface area contributed by atoms with E-state index >= 15 is 0 Å². The topological polar surface area (TPSA) is 86.8 Å². The van der Waals surface area contributed by atoms with Gasteiger partial charge in [0.05, 0.1) is 17.6 Å². The third-order valence-corrected chi connectivity index (χ3v) is 4.21. The predicted molar refractivity (Wildman–Crippen MR) is 78.5 cm³/mol. The van der Waals surface area contributed by atoms with Crippen LogP contribution in [0.25, 0.3) is 0 Å². The van der Waals surface area contributed by atoms with Crippen molar-refractivity contribution < 1.29 is 9.59 Å². The number of rotatable bonds is 5. The molecule has 0 saturated heterocycles. The molecule has 9 heteroatoms. The van der Waals surface area contributed by atoms with Gasteiger partial charge in [-0.15, -0.1) is 0 Å². The first-order chi connectivity index (χ1) is 10.5. The molecule has 1 fully saturated rings. The molecule has 114 valence electrons. The minimum Gasteiger partial charge on any atom is -0.294 e. The Morgan fingerprint density at radius 3 is 2.68 bits per heavy atom. The van der Waals surface area contributed by atoms with E-state index < -0.39 is 5.78 Å². The quantitative estimate of drug-likeness (QED) is 0.467. The van der Waals surface area contributed by atoms with Gasteiger partial charge in [-0.25, -0.2) is 4.79 Å². The van der Waals surface area contributed by atoms with Crippen LogP contribution in [-0.4, -0.2) is 31.9 Å². The maximum Gasteiger partial charge on any atom is 0.364 e. The summed E-state index contributed by atoms with van der Waals surface area (Å²) < 4.78 is 2.45. The molecule has 1 heterocycles. The Morgan fingerprint density at radius 2 is 2.05 bits per heavy atom. The van der Waals surface area contributed by atoms with E-state index in [1.165, 1.54) is 16.8 Å². The molecule has 22 heavy (non-hydrogen) atoms. The number of nitrogens with zero attached hydrogens (tertiary/aromatic N) is 4. The van der Waals surface area contributed by atoms with E-state index in [4.69, 9.17) is 23.2 Å². The molecule has 1 aliphatic rings. The molecule has 1 aromatic carbocycles. The largest absolute Gasteiger partial charge is 0.364 e. The van der Waals surface area contributed by atoms with E-state index in [-0.39, 0.29) is 40.2 Å². The summed E-state index contributed by atoms with van der Waals surface area (Å²) in [5.41, 5.74) is 0.0291. The zero-order valence-electron chi connectivity index (χ0n) is 11.2. The number of benzene rings is 1. The monoisotopic (exact) mass is 340 g/mol. The van der Waals surface area contributed by atoms with Crippen LogP contribution in [0, 0.1) is 0 Å². The standard InChI is InChI=1S/C13H10Cl2N4O3/c14-10-4-3-8(11(21)6-20)12(15)9(10)5-18-13(22)19(17-16-18)7-1-2-7/h3-4,6-7H,1-2,5H2. The molecule has 0 bridgehead atoms. The summed E-state index contributed by atoms with van der Waals surface area (Å²) >= 11 is 12.2. The number of halogens is 2. The summed E-state index contributed by atoms with van der Waals surface area (Å²) in [6.45, 7) is -0.0246. The van der Waals surface area contributed by atoms with E-state index in [1.54, 1.807) is 0 Å². The second kappa shape index (κ2) is 5.66. The first-order valence-corrected chi connectivity index (χ1v) is 7.27. The second-order valence-corrected chi connectivity index (χ2v) is 5.75. The van der Waals surface area contributed by atoms with Crippen molar-refractivity contribution in [2.75, 3.05) is 0 Å². The van der Waals surface area contributed by atoms with Gasteiger partial charge in [0.2, 0.25) is 5.78 Å². The van der Waals surface area contributed by atoms with Crippen LogP contribution in [0.2, 0.25) is 10.0 Å². The zero-order valence-corrected chi connectivity index (χ0v) is 12.7. The molecule has 3 rings (SSSR count). The Bertz CT molecular complexity index is 823. The fourth-order valence-corrected chi connectivity index (χ4v) is 2.66. The zero-order chi connectivity index (χ0) is 15.9. The van der Waals surface area contributed by atoms with Gasteiger partial charge < -0.3 is 0 Å². The molecular formula is C13H10Cl2N4O3. The molecule has 0 aliphatic heterocycles. The lowest BCUT2D eigenvalue weighted by atomic mass is 10.1. The van der Waals surface area contributed by atoms with Crippen LogP contribution in [0.15, 0.2) is 16.9 Å². The smallest absolute Gasteiger partial charge is 0.294 e. The Balaban J connectivity index is 2.00. The number of Topliss-reactive ketones (excluding diaryl/α,β-unsaturated/α-hetero) is 1. The van der Waals surface area contributed by atoms with Gasteiger partial charge in [0.1, 0.15) is 0 Å². The van der Waals surface area contributed by atoms with Crippen molar-refractivity contribution in [3.63, 3.8) is 0 Å². The van der Waals surface area contributed by atoms with E-state index in [2.05, 4.69) is 10.4 Å². The van der Waals surface area contributed by atoms with Crippen LogP contribution in [0.5, 0.6) is 0 Å². The van der Waals surface area contributed by atoms with E-state index in [9.17, 15) is 14.4 Å². The molecule has 1 saturated carbocycles. The minimum atomic E-state index is -0.753. The highest BCUT2D eigenvalue weighted by Crippen LogP contribution is 2.32. The Labute approximate surface area is 134 Å². The molecule has 1 aromatic heterocycles. The van der Waals surface area contributed by atoms with Crippen molar-refractivity contribution in [2.24, 2.45) is 0 Å². The summed E-state index contributed by atoms with van der Waals surface area (Å²) in [7, 11) is 0. The Hall–Kier alpha value is -1.99. The van der Waals surface area contributed by atoms with Crippen LogP contribution in [0.1, 0.15) is 34.8 Å². The highest BCUT2D eigenvalue weighted by molar-refractivity contribution is 6.43. The average Bonchev–Trinajstić information content (AvgIpc) is 3.28. The van der Waals surface area contributed by atoms with Gasteiger partial charge in [-0.2, -0.15) is 9.36 Å². The van der Waals surface area contributed by atoms with E-state index in [0.717, 1.165) is 17.5 Å². The van der Waals surface area contributed by atoms with Gasteiger partial charge in [0, 0.05) is 16.1 Å². The van der Waals surface area contributed by atoms with E-state index in [0.29, 0.717) is 5.56 Å². The van der Waals surface area contributed by atoms with Gasteiger partial charge in [-0.3, -0.25) is 9.59 Å². The SMILES string of the molecule is O=CC(=O)c1ccc(Cl)c(Cn2nnn(C3CC3)c2=O)c1Cl. The van der Waals surface area contributed by atoms with Gasteiger partial charge in [-0.05, 0) is 35.4 Å². The van der Waals surface area contributed by atoms with Gasteiger partial charge >= 0.3 is 5.69 Å². The molecular weight excluding hydrogens is 331 g/mol. The highest BCUT2D eigenvalue weighted by atomic mass is 35.5. The molecule has 0 atom stereocenters. The van der Waals surface area contributed by atoms with Crippen LogP contribution in [-0.2, 0) is 11.3 Å². The van der Waals surface area contributed by atoms with Crippen molar-refractivity contribution in [1.29, 1.82) is 0 Å². The normalized spacial score (nSPS) is 14.1. The lowest BCUT2D eigenvalue weighted by Gasteiger charge is -2.08. The lowest BCUT2D eigenvalue weighted by molar-refractivity contribution is -0.104. The third kappa shape index (κ3) is 2.57. The maximum absolute atomic E-state index is 12.1. The summed E-state index contributed by atoms with van der Waals surface area (Å²) in [5.74, 6) is -0.753. The number of carbonyl (C=O) groups excluding carboxylic acids is 2. The van der Waals surface area contributed by atoms with Crippen LogP contribution in [0.4, 0.5) is 0 Å². The van der Waals surface area contributed by atoms with Gasteiger partial charge in [0.15, 0.2) is 6.29 Å². The second-order valence-electron chi connectivity index (χ2n) is 4.96. The number of hydrogen-bond donors (Lipinski definition) is 0. The number of hydrogen-bond acceptors (Lipinski definition) is 5. The molecule has 0 unspecified atom stereocenters. The third-order valence-electron chi connectivity index (χ3n) is 3.42. The van der Waals surface area contributed by atoms with Gasteiger partial charge in [-0.1, -0.05) is 23.2 Å². The van der Waals surface area contributed by atoms with Crippen LogP contribution >= 0.6 is 23.2 Å². The molecule has 1 aliphatic carbocycles. The summed E-state index contributed by atoms with van der Waals surface area (Å²) in [4.78, 5) is 34.3. The lowest BCUT2D eigenvalue weighted by Crippen LogP contribution is -2.25. The fourth-order valence-electron chi connectivity index (χ4n) is 2.08. The summed E-state index contributed by atoms with van der Waals surface area (Å²) in [6, 6.07) is 2.93. The maximum atomic E-state index is 12.1. The molecule has 0 amide bonds. The Kier molecular flexibility index (Phi) is 3.84. The summed E-state index contributed by atoms with van der Waals surface area (Å²) in [5, 5.41) is 7.93. The van der Waals surface area contributed by atoms with E-state index in [1.807, 2.05) is 0 Å². The van der Waals surface area contributed by atoms with Crippen LogP contribution < -0.4 is 5.69 Å². The first-order valence-electron chi connectivity index (χ1n) is 6.51. The van der Waals surface area contributed by atoms with Crippen molar-refractivity contribution in [3.8, 4) is 0 Å². The molecule has 0 N–H and O–H groups in total.